The molecular formula is C12H14N2O3S. The predicted molar refractivity (Wildman–Crippen MR) is 69.3 cm³/mol. The maximum atomic E-state index is 10.9. The van der Waals surface area contributed by atoms with Crippen molar-refractivity contribution in [3.05, 3.63) is 34.7 Å². The van der Waals surface area contributed by atoms with Crippen LogP contribution in [0, 0.1) is 6.92 Å². The molecule has 2 N–H and O–H groups in total. The van der Waals surface area contributed by atoms with E-state index in [2.05, 4.69) is 10.3 Å². The Hall–Kier alpha value is -1.82. The zero-order chi connectivity index (χ0) is 13.1. The van der Waals surface area contributed by atoms with Crippen molar-refractivity contribution < 1.29 is 14.3 Å². The van der Waals surface area contributed by atoms with Crippen LogP contribution in [-0.4, -0.2) is 22.1 Å². The van der Waals surface area contributed by atoms with E-state index in [0.717, 1.165) is 12.2 Å². The van der Waals surface area contributed by atoms with E-state index in [9.17, 15) is 4.79 Å². The maximum Gasteiger partial charge on any atom is 0.355 e. The lowest BCUT2D eigenvalue weighted by atomic mass is 10.2. The van der Waals surface area contributed by atoms with Crippen LogP contribution in [0.4, 0.5) is 5.13 Å². The Morgan fingerprint density at radius 1 is 1.67 bits per heavy atom. The Bertz CT molecular complexity index is 534. The Morgan fingerprint density at radius 2 is 2.44 bits per heavy atom. The number of nitrogens with one attached hydrogen (secondary N) is 1. The number of rotatable bonds is 5. The largest absolute Gasteiger partial charge is 0.476 e. The molecule has 0 fully saturated rings. The number of aryl methyl sites for hydroxylation is 1. The summed E-state index contributed by atoms with van der Waals surface area (Å²) in [5.74, 6) is -0.0998. The fourth-order valence-electron chi connectivity index (χ4n) is 1.65. The van der Waals surface area contributed by atoms with Crippen molar-refractivity contribution in [2.24, 2.45) is 0 Å². The normalized spacial score (nSPS) is 12.3. The van der Waals surface area contributed by atoms with Gasteiger partial charge in [0, 0.05) is 17.3 Å². The monoisotopic (exact) mass is 266 g/mol. The smallest absolute Gasteiger partial charge is 0.355 e. The zero-order valence-corrected chi connectivity index (χ0v) is 11.0. The molecule has 0 aliphatic heterocycles. The highest BCUT2D eigenvalue weighted by atomic mass is 32.1. The van der Waals surface area contributed by atoms with Crippen LogP contribution >= 0.6 is 11.3 Å². The Balaban J connectivity index is 2.01. The molecule has 0 aromatic carbocycles. The van der Waals surface area contributed by atoms with Crippen LogP contribution in [0.25, 0.3) is 0 Å². The minimum absolute atomic E-state index is 0.118. The van der Waals surface area contributed by atoms with Crippen LogP contribution in [0.2, 0.25) is 0 Å². The predicted octanol–water partition coefficient (Wildman–Crippen LogP) is 2.79. The molecule has 96 valence electrons. The molecule has 0 bridgehead atoms. The molecule has 0 saturated heterocycles. The second-order valence-electron chi connectivity index (χ2n) is 4.06. The number of furan rings is 1. The summed E-state index contributed by atoms with van der Waals surface area (Å²) in [6.07, 6.45) is 2.37. The molecule has 1 atom stereocenters. The average molecular weight is 266 g/mol. The minimum atomic E-state index is -0.990. The first-order valence-electron chi connectivity index (χ1n) is 5.56. The van der Waals surface area contributed by atoms with E-state index in [-0.39, 0.29) is 11.7 Å². The van der Waals surface area contributed by atoms with Crippen LogP contribution < -0.4 is 5.32 Å². The van der Waals surface area contributed by atoms with Crippen molar-refractivity contribution in [3.8, 4) is 0 Å². The Morgan fingerprint density at radius 3 is 3.00 bits per heavy atom. The summed E-state index contributed by atoms with van der Waals surface area (Å²) >= 11 is 1.35. The standard InChI is InChI=1S/C12H14N2O3S/c1-7(6-9-4-3-5-17-9)13-12-14-10(11(15)16)8(2)18-12/h3-5,7H,6H2,1-2H3,(H,13,14)(H,15,16). The molecule has 0 aliphatic rings. The van der Waals surface area contributed by atoms with Crippen LogP contribution in [0.1, 0.15) is 28.0 Å². The fourth-order valence-corrected chi connectivity index (χ4v) is 2.57. The number of hydrogen-bond donors (Lipinski definition) is 2. The number of carbonyl (C=O) groups is 1. The first kappa shape index (κ1) is 12.6. The van der Waals surface area contributed by atoms with Gasteiger partial charge in [0.1, 0.15) is 5.76 Å². The molecule has 2 aromatic rings. The highest BCUT2D eigenvalue weighted by Gasteiger charge is 2.15. The number of thiazole rings is 1. The van der Waals surface area contributed by atoms with Crippen molar-refractivity contribution in [3.63, 3.8) is 0 Å². The number of aromatic carboxylic acids is 1. The fraction of sp³-hybridized carbons (Fsp3) is 0.333. The van der Waals surface area contributed by atoms with Crippen molar-refractivity contribution in [2.75, 3.05) is 5.32 Å². The van der Waals surface area contributed by atoms with E-state index >= 15 is 0 Å². The zero-order valence-electron chi connectivity index (χ0n) is 10.1. The summed E-state index contributed by atoms with van der Waals surface area (Å²) < 4.78 is 5.26. The van der Waals surface area contributed by atoms with Gasteiger partial charge in [0.25, 0.3) is 0 Å². The van der Waals surface area contributed by atoms with Crippen molar-refractivity contribution in [1.82, 2.24) is 4.98 Å². The molecule has 5 nitrogen and oxygen atoms in total. The van der Waals surface area contributed by atoms with Crippen molar-refractivity contribution in [1.29, 1.82) is 0 Å². The van der Waals surface area contributed by atoms with Gasteiger partial charge in [-0.3, -0.25) is 0 Å². The van der Waals surface area contributed by atoms with Crippen LogP contribution in [0.5, 0.6) is 0 Å². The molecule has 0 aliphatic carbocycles. The highest BCUT2D eigenvalue weighted by Crippen LogP contribution is 2.23. The summed E-state index contributed by atoms with van der Waals surface area (Å²) in [5, 5.41) is 12.7. The van der Waals surface area contributed by atoms with Gasteiger partial charge < -0.3 is 14.8 Å². The SMILES string of the molecule is Cc1sc(NC(C)Cc2ccco2)nc1C(=O)O. The molecule has 0 amide bonds. The quantitative estimate of drug-likeness (QED) is 0.870. The van der Waals surface area contributed by atoms with Crippen LogP contribution in [-0.2, 0) is 6.42 Å². The summed E-state index contributed by atoms with van der Waals surface area (Å²) in [6, 6.07) is 3.88. The van der Waals surface area contributed by atoms with Gasteiger partial charge in [0.15, 0.2) is 10.8 Å². The van der Waals surface area contributed by atoms with Gasteiger partial charge in [-0.1, -0.05) is 0 Å². The number of carboxylic acid groups (broad SMARTS) is 1. The first-order chi connectivity index (χ1) is 8.56. The van der Waals surface area contributed by atoms with E-state index in [0.29, 0.717) is 10.0 Å². The molecular weight excluding hydrogens is 252 g/mol. The third kappa shape index (κ3) is 2.89. The number of hydrogen-bond acceptors (Lipinski definition) is 5. The molecule has 2 heterocycles. The Kier molecular flexibility index (Phi) is 3.66. The number of nitrogens with zero attached hydrogens (tertiary/aromatic N) is 1. The van der Waals surface area contributed by atoms with Gasteiger partial charge >= 0.3 is 5.97 Å². The van der Waals surface area contributed by atoms with Crippen LogP contribution in [0.3, 0.4) is 0 Å². The summed E-state index contributed by atoms with van der Waals surface area (Å²) in [6.45, 7) is 3.75. The second-order valence-corrected chi connectivity index (χ2v) is 5.26. The average Bonchev–Trinajstić information content (AvgIpc) is 2.88. The van der Waals surface area contributed by atoms with Crippen LogP contribution in [0.15, 0.2) is 22.8 Å². The summed E-state index contributed by atoms with van der Waals surface area (Å²) in [7, 11) is 0. The first-order valence-corrected chi connectivity index (χ1v) is 6.37. The molecule has 6 heteroatoms. The second kappa shape index (κ2) is 5.22. The lowest BCUT2D eigenvalue weighted by Crippen LogP contribution is -2.17. The molecule has 0 radical (unpaired) electrons. The molecule has 18 heavy (non-hydrogen) atoms. The highest BCUT2D eigenvalue weighted by molar-refractivity contribution is 7.15. The topological polar surface area (TPSA) is 75.4 Å². The molecule has 0 spiro atoms. The van der Waals surface area contributed by atoms with Gasteiger partial charge in [-0.15, -0.1) is 11.3 Å². The summed E-state index contributed by atoms with van der Waals surface area (Å²) in [4.78, 5) is 15.6. The molecule has 1 unspecified atom stereocenters. The van der Waals surface area contributed by atoms with Gasteiger partial charge in [0.05, 0.1) is 6.26 Å². The number of anilines is 1. The number of carboxylic acids is 1. The molecule has 0 saturated carbocycles. The van der Waals surface area contributed by atoms with Crippen molar-refractivity contribution in [2.45, 2.75) is 26.3 Å². The third-order valence-electron chi connectivity index (χ3n) is 2.46. The third-order valence-corrected chi connectivity index (χ3v) is 3.36. The maximum absolute atomic E-state index is 10.9. The number of aromatic nitrogens is 1. The van der Waals surface area contributed by atoms with Gasteiger partial charge in [0.2, 0.25) is 0 Å². The molecule has 2 aromatic heterocycles. The van der Waals surface area contributed by atoms with Gasteiger partial charge in [-0.05, 0) is 26.0 Å². The van der Waals surface area contributed by atoms with E-state index in [1.165, 1.54) is 11.3 Å². The lowest BCUT2D eigenvalue weighted by Gasteiger charge is -2.10. The van der Waals surface area contributed by atoms with E-state index < -0.39 is 5.97 Å². The van der Waals surface area contributed by atoms with Gasteiger partial charge in [-0.2, -0.15) is 0 Å². The van der Waals surface area contributed by atoms with E-state index in [4.69, 9.17) is 9.52 Å². The lowest BCUT2D eigenvalue weighted by molar-refractivity contribution is 0.0690. The molecule has 2 rings (SSSR count). The van der Waals surface area contributed by atoms with Crippen molar-refractivity contribution >= 4 is 22.4 Å². The van der Waals surface area contributed by atoms with Gasteiger partial charge in [-0.25, -0.2) is 9.78 Å². The van der Waals surface area contributed by atoms with E-state index in [1.807, 2.05) is 19.1 Å². The summed E-state index contributed by atoms with van der Waals surface area (Å²) in [5.41, 5.74) is 0.118. The minimum Gasteiger partial charge on any atom is -0.476 e. The van der Waals surface area contributed by atoms with E-state index in [1.54, 1.807) is 13.2 Å². The Labute approximate surface area is 108 Å².